The molecule has 1 atom stereocenters. The number of benzene rings is 1. The average Bonchev–Trinajstić information content (AvgIpc) is 2.12. The maximum Gasteiger partial charge on any atom is 0.127 e. The van der Waals surface area contributed by atoms with Crippen molar-refractivity contribution in [2.75, 3.05) is 0 Å². The third-order valence-corrected chi connectivity index (χ3v) is 1.70. The van der Waals surface area contributed by atoms with Gasteiger partial charge in [0.05, 0.1) is 6.04 Å². The van der Waals surface area contributed by atoms with Crippen LogP contribution in [0, 0.1) is 23.5 Å². The molecule has 0 radical (unpaired) electrons. The van der Waals surface area contributed by atoms with Crippen LogP contribution in [0.2, 0.25) is 0 Å². The molecule has 0 aliphatic rings. The lowest BCUT2D eigenvalue weighted by atomic mass is 10.2. The van der Waals surface area contributed by atoms with Crippen molar-refractivity contribution in [3.63, 3.8) is 0 Å². The van der Waals surface area contributed by atoms with Gasteiger partial charge in [0.1, 0.15) is 11.6 Å². The highest BCUT2D eigenvalue weighted by Gasteiger charge is 1.97. The summed E-state index contributed by atoms with van der Waals surface area (Å²) in [6.45, 7) is 1.89. The van der Waals surface area contributed by atoms with Gasteiger partial charge in [-0.15, -0.1) is 0 Å². The summed E-state index contributed by atoms with van der Waals surface area (Å²) in [5.41, 5.74) is 5.85. The van der Waals surface area contributed by atoms with Gasteiger partial charge in [-0.3, -0.25) is 0 Å². The molecule has 2 N–H and O–H groups in total. The van der Waals surface area contributed by atoms with Gasteiger partial charge >= 0.3 is 0 Å². The van der Waals surface area contributed by atoms with Crippen molar-refractivity contribution in [2.24, 2.45) is 5.73 Å². The third kappa shape index (κ3) is 3.15. The Bertz CT molecular complexity index is 356. The Kier molecular flexibility index (Phi) is 3.61. The summed E-state index contributed by atoms with van der Waals surface area (Å²) in [6.07, 6.45) is 0.713. The van der Waals surface area contributed by atoms with E-state index in [2.05, 4.69) is 11.8 Å². The SMILES string of the molecule is CCC(N)C#Cc1cc(F)cc(F)c1. The largest absolute Gasteiger partial charge is 0.318 e. The van der Waals surface area contributed by atoms with E-state index < -0.39 is 11.6 Å². The van der Waals surface area contributed by atoms with Crippen molar-refractivity contribution >= 4 is 0 Å². The van der Waals surface area contributed by atoms with Crippen LogP contribution >= 0.6 is 0 Å². The van der Waals surface area contributed by atoms with Gasteiger partial charge in [-0.1, -0.05) is 18.8 Å². The van der Waals surface area contributed by atoms with Crippen molar-refractivity contribution in [1.29, 1.82) is 0 Å². The maximum atomic E-state index is 12.7. The Morgan fingerprint density at radius 2 is 1.86 bits per heavy atom. The topological polar surface area (TPSA) is 26.0 Å². The predicted molar refractivity (Wildman–Crippen MR) is 51.5 cm³/mol. The van der Waals surface area contributed by atoms with E-state index in [-0.39, 0.29) is 6.04 Å². The van der Waals surface area contributed by atoms with Crippen molar-refractivity contribution in [3.05, 3.63) is 35.4 Å². The Balaban J connectivity index is 2.89. The lowest BCUT2D eigenvalue weighted by molar-refractivity contribution is 0.582. The van der Waals surface area contributed by atoms with Crippen LogP contribution in [0.1, 0.15) is 18.9 Å². The van der Waals surface area contributed by atoms with Crippen LogP contribution in [0.4, 0.5) is 8.78 Å². The van der Waals surface area contributed by atoms with Crippen LogP contribution in [0.15, 0.2) is 18.2 Å². The van der Waals surface area contributed by atoms with Crippen LogP contribution < -0.4 is 5.73 Å². The molecule has 1 nitrogen and oxygen atoms in total. The molecular formula is C11H11F2N. The van der Waals surface area contributed by atoms with Gasteiger partial charge < -0.3 is 5.73 Å². The monoisotopic (exact) mass is 195 g/mol. The summed E-state index contributed by atoms with van der Waals surface area (Å²) in [4.78, 5) is 0. The molecule has 1 rings (SSSR count). The van der Waals surface area contributed by atoms with E-state index in [0.29, 0.717) is 12.0 Å². The van der Waals surface area contributed by atoms with Gasteiger partial charge in [0.2, 0.25) is 0 Å². The van der Waals surface area contributed by atoms with Crippen LogP contribution in [-0.4, -0.2) is 6.04 Å². The summed E-state index contributed by atoms with van der Waals surface area (Å²) in [7, 11) is 0. The lowest BCUT2D eigenvalue weighted by Gasteiger charge is -1.96. The molecule has 3 heteroatoms. The number of hydrogen-bond donors (Lipinski definition) is 1. The van der Waals surface area contributed by atoms with Crippen molar-refractivity contribution < 1.29 is 8.78 Å². The number of nitrogens with two attached hydrogens (primary N) is 1. The summed E-state index contributed by atoms with van der Waals surface area (Å²) in [5.74, 6) is 4.07. The van der Waals surface area contributed by atoms with E-state index in [9.17, 15) is 8.78 Å². The third-order valence-electron chi connectivity index (χ3n) is 1.70. The number of rotatable bonds is 1. The molecule has 1 aromatic rings. The molecule has 1 aromatic carbocycles. The molecule has 0 heterocycles. The Hall–Kier alpha value is -1.40. The first kappa shape index (κ1) is 10.7. The minimum absolute atomic E-state index is 0.249. The van der Waals surface area contributed by atoms with Gasteiger partial charge in [0.15, 0.2) is 0 Å². The second-order valence-corrected chi connectivity index (χ2v) is 2.94. The van der Waals surface area contributed by atoms with Gasteiger partial charge in [-0.25, -0.2) is 8.78 Å². The normalized spacial score (nSPS) is 11.7. The Morgan fingerprint density at radius 1 is 1.29 bits per heavy atom. The highest BCUT2D eigenvalue weighted by Crippen LogP contribution is 2.06. The molecule has 0 bridgehead atoms. The minimum Gasteiger partial charge on any atom is -0.318 e. The number of halogens is 2. The van der Waals surface area contributed by atoms with E-state index in [0.717, 1.165) is 6.07 Å². The van der Waals surface area contributed by atoms with Crippen LogP contribution in [0.25, 0.3) is 0 Å². The highest BCUT2D eigenvalue weighted by molar-refractivity contribution is 5.35. The van der Waals surface area contributed by atoms with Crippen molar-refractivity contribution in [2.45, 2.75) is 19.4 Å². The average molecular weight is 195 g/mol. The van der Waals surface area contributed by atoms with E-state index in [4.69, 9.17) is 5.73 Å². The zero-order valence-electron chi connectivity index (χ0n) is 7.85. The fraction of sp³-hybridized carbons (Fsp3) is 0.273. The van der Waals surface area contributed by atoms with E-state index in [1.54, 1.807) is 0 Å². The molecule has 0 amide bonds. The van der Waals surface area contributed by atoms with Crippen molar-refractivity contribution in [3.8, 4) is 11.8 Å². The van der Waals surface area contributed by atoms with E-state index in [1.807, 2.05) is 6.92 Å². The predicted octanol–water partition coefficient (Wildman–Crippen LogP) is 2.05. The molecule has 0 aliphatic heterocycles. The van der Waals surface area contributed by atoms with E-state index in [1.165, 1.54) is 12.1 Å². The highest BCUT2D eigenvalue weighted by atomic mass is 19.1. The molecule has 0 aliphatic carbocycles. The fourth-order valence-corrected chi connectivity index (χ4v) is 0.904. The molecule has 74 valence electrons. The summed E-state index contributed by atoms with van der Waals surface area (Å²) in [5, 5.41) is 0. The Labute approximate surface area is 81.9 Å². The smallest absolute Gasteiger partial charge is 0.127 e. The van der Waals surface area contributed by atoms with Gasteiger partial charge in [0, 0.05) is 11.6 Å². The molecule has 1 unspecified atom stereocenters. The zero-order valence-corrected chi connectivity index (χ0v) is 7.85. The van der Waals surface area contributed by atoms with Gasteiger partial charge in [0.25, 0.3) is 0 Å². The molecule has 0 saturated heterocycles. The molecular weight excluding hydrogens is 184 g/mol. The fourth-order valence-electron chi connectivity index (χ4n) is 0.904. The maximum absolute atomic E-state index is 12.7. The van der Waals surface area contributed by atoms with Crippen LogP contribution in [-0.2, 0) is 0 Å². The first-order valence-electron chi connectivity index (χ1n) is 4.35. The summed E-state index contributed by atoms with van der Waals surface area (Å²) < 4.78 is 25.4. The van der Waals surface area contributed by atoms with Gasteiger partial charge in [-0.2, -0.15) is 0 Å². The molecule has 0 saturated carbocycles. The van der Waals surface area contributed by atoms with Crippen LogP contribution in [0.3, 0.4) is 0 Å². The first-order valence-corrected chi connectivity index (χ1v) is 4.35. The second kappa shape index (κ2) is 4.73. The first-order chi connectivity index (χ1) is 6.61. The molecule has 14 heavy (non-hydrogen) atoms. The molecule has 0 fully saturated rings. The summed E-state index contributed by atoms with van der Waals surface area (Å²) >= 11 is 0. The van der Waals surface area contributed by atoms with E-state index >= 15 is 0 Å². The molecule has 0 aromatic heterocycles. The second-order valence-electron chi connectivity index (χ2n) is 2.94. The zero-order chi connectivity index (χ0) is 10.6. The quantitative estimate of drug-likeness (QED) is 0.682. The minimum atomic E-state index is -0.626. The van der Waals surface area contributed by atoms with Crippen LogP contribution in [0.5, 0.6) is 0 Å². The summed E-state index contributed by atoms with van der Waals surface area (Å²) in [6, 6.07) is 2.92. The molecule has 0 spiro atoms. The van der Waals surface area contributed by atoms with Gasteiger partial charge in [-0.05, 0) is 18.6 Å². The standard InChI is InChI=1S/C11H11F2N/c1-2-11(14)4-3-8-5-9(12)7-10(13)6-8/h5-7,11H,2,14H2,1H3. The van der Waals surface area contributed by atoms with Crippen molar-refractivity contribution in [1.82, 2.24) is 0 Å². The lowest BCUT2D eigenvalue weighted by Crippen LogP contribution is -2.15. The number of hydrogen-bond acceptors (Lipinski definition) is 1. The Morgan fingerprint density at radius 3 is 2.36 bits per heavy atom.